The van der Waals surface area contributed by atoms with Gasteiger partial charge in [0, 0.05) is 6.07 Å². The summed E-state index contributed by atoms with van der Waals surface area (Å²) in [6, 6.07) is 10.9. The third-order valence-corrected chi connectivity index (χ3v) is 4.44. The first-order valence-electron chi connectivity index (χ1n) is 8.63. The van der Waals surface area contributed by atoms with E-state index >= 15 is 0 Å². The predicted octanol–water partition coefficient (Wildman–Crippen LogP) is 4.22. The fourth-order valence-corrected chi connectivity index (χ4v) is 2.95. The van der Waals surface area contributed by atoms with E-state index in [1.54, 1.807) is 37.3 Å². The number of benzene rings is 2. The van der Waals surface area contributed by atoms with Gasteiger partial charge >= 0.3 is 6.03 Å². The minimum atomic E-state index is -0.220. The van der Waals surface area contributed by atoms with Crippen LogP contribution in [0.5, 0.6) is 17.2 Å². The molecule has 0 bridgehead atoms. The Morgan fingerprint density at radius 2 is 2.04 bits per heavy atom. The van der Waals surface area contributed by atoms with Crippen molar-refractivity contribution in [2.45, 2.75) is 26.4 Å². The highest BCUT2D eigenvalue weighted by Gasteiger charge is 2.29. The first-order valence-corrected chi connectivity index (χ1v) is 8.63. The summed E-state index contributed by atoms with van der Waals surface area (Å²) < 4.78 is 16.5. The second kappa shape index (κ2) is 7.56. The Morgan fingerprint density at radius 3 is 2.73 bits per heavy atom. The van der Waals surface area contributed by atoms with E-state index in [4.69, 9.17) is 14.2 Å². The summed E-state index contributed by atoms with van der Waals surface area (Å²) in [7, 11) is 3.15. The Morgan fingerprint density at radius 1 is 1.23 bits per heavy atom. The van der Waals surface area contributed by atoms with Gasteiger partial charge in [-0.05, 0) is 43.2 Å². The second-order valence-corrected chi connectivity index (χ2v) is 6.23. The van der Waals surface area contributed by atoms with Gasteiger partial charge in [0.25, 0.3) is 0 Å². The molecule has 1 heterocycles. The summed E-state index contributed by atoms with van der Waals surface area (Å²) in [5.41, 5.74) is 2.44. The molecule has 0 saturated carbocycles. The van der Waals surface area contributed by atoms with Crippen LogP contribution >= 0.6 is 0 Å². The number of amides is 2. The summed E-state index contributed by atoms with van der Waals surface area (Å²) in [5, 5.41) is 2.94. The van der Waals surface area contributed by atoms with Gasteiger partial charge in [-0.1, -0.05) is 13.0 Å². The van der Waals surface area contributed by atoms with E-state index in [0.29, 0.717) is 23.7 Å². The molecule has 3 rings (SSSR count). The maximum atomic E-state index is 13.0. The normalized spacial score (nSPS) is 15.7. The van der Waals surface area contributed by atoms with Gasteiger partial charge in [-0.25, -0.2) is 4.79 Å². The van der Waals surface area contributed by atoms with E-state index in [9.17, 15) is 4.79 Å². The predicted molar refractivity (Wildman–Crippen MR) is 102 cm³/mol. The molecule has 0 spiro atoms. The van der Waals surface area contributed by atoms with Crippen LogP contribution in [-0.4, -0.2) is 32.9 Å². The molecule has 2 amide bonds. The monoisotopic (exact) mass is 356 g/mol. The van der Waals surface area contributed by atoms with E-state index in [0.717, 1.165) is 23.4 Å². The van der Waals surface area contributed by atoms with E-state index in [2.05, 4.69) is 5.32 Å². The van der Waals surface area contributed by atoms with Crippen LogP contribution in [0.15, 0.2) is 36.4 Å². The minimum absolute atomic E-state index is 0.0336. The van der Waals surface area contributed by atoms with Gasteiger partial charge in [0.1, 0.15) is 23.4 Å². The van der Waals surface area contributed by atoms with Crippen molar-refractivity contribution < 1.29 is 19.0 Å². The van der Waals surface area contributed by atoms with Gasteiger partial charge in [-0.2, -0.15) is 0 Å². The fraction of sp³-hybridized carbons (Fsp3) is 0.350. The number of nitrogens with one attached hydrogen (secondary N) is 1. The van der Waals surface area contributed by atoms with Crippen LogP contribution in [0, 0.1) is 6.92 Å². The number of carbonyl (C=O) groups is 1. The van der Waals surface area contributed by atoms with E-state index < -0.39 is 0 Å². The van der Waals surface area contributed by atoms with Crippen LogP contribution in [-0.2, 0) is 0 Å². The molecule has 0 aliphatic carbocycles. The molecule has 138 valence electrons. The van der Waals surface area contributed by atoms with Gasteiger partial charge in [0.15, 0.2) is 0 Å². The van der Waals surface area contributed by atoms with E-state index in [1.807, 2.05) is 32.0 Å². The van der Waals surface area contributed by atoms with Crippen LogP contribution in [0.25, 0.3) is 0 Å². The molecule has 26 heavy (non-hydrogen) atoms. The lowest BCUT2D eigenvalue weighted by Gasteiger charge is -2.34. The van der Waals surface area contributed by atoms with Crippen molar-refractivity contribution in [2.24, 2.45) is 0 Å². The third-order valence-electron chi connectivity index (χ3n) is 4.44. The fourth-order valence-electron chi connectivity index (χ4n) is 2.95. The van der Waals surface area contributed by atoms with Gasteiger partial charge < -0.3 is 19.5 Å². The number of anilines is 2. The van der Waals surface area contributed by atoms with Crippen molar-refractivity contribution in [3.8, 4) is 17.2 Å². The van der Waals surface area contributed by atoms with Crippen molar-refractivity contribution in [1.29, 1.82) is 0 Å². The maximum Gasteiger partial charge on any atom is 0.326 e. The SMILES string of the molecule is CCC1CN(C(=O)Nc2ccc(OC)cc2OC)c2cc(C)ccc2O1. The summed E-state index contributed by atoms with van der Waals surface area (Å²) >= 11 is 0. The lowest BCUT2D eigenvalue weighted by molar-refractivity contribution is 0.188. The van der Waals surface area contributed by atoms with Crippen molar-refractivity contribution in [3.63, 3.8) is 0 Å². The van der Waals surface area contributed by atoms with Crippen molar-refractivity contribution in [2.75, 3.05) is 31.0 Å². The number of carbonyl (C=O) groups excluding carboxylic acids is 1. The van der Waals surface area contributed by atoms with Gasteiger partial charge in [0.2, 0.25) is 0 Å². The Bertz CT molecular complexity index is 806. The number of hydrogen-bond donors (Lipinski definition) is 1. The average Bonchev–Trinajstić information content (AvgIpc) is 2.67. The highest BCUT2D eigenvalue weighted by atomic mass is 16.5. The highest BCUT2D eigenvalue weighted by molar-refractivity contribution is 6.04. The van der Waals surface area contributed by atoms with E-state index in [-0.39, 0.29) is 12.1 Å². The summed E-state index contributed by atoms with van der Waals surface area (Å²) in [5.74, 6) is 1.94. The van der Waals surface area contributed by atoms with Gasteiger partial charge in [0.05, 0.1) is 32.1 Å². The molecule has 0 fully saturated rings. The molecule has 0 aromatic heterocycles. The zero-order chi connectivity index (χ0) is 18.7. The number of fused-ring (bicyclic) bond motifs is 1. The zero-order valence-corrected chi connectivity index (χ0v) is 15.5. The van der Waals surface area contributed by atoms with Gasteiger partial charge in [-0.3, -0.25) is 4.90 Å². The topological polar surface area (TPSA) is 60.0 Å². The largest absolute Gasteiger partial charge is 0.497 e. The number of nitrogens with zero attached hydrogens (tertiary/aromatic N) is 1. The third kappa shape index (κ3) is 3.54. The van der Waals surface area contributed by atoms with Crippen molar-refractivity contribution >= 4 is 17.4 Å². The number of urea groups is 1. The molecule has 1 N–H and O–H groups in total. The van der Waals surface area contributed by atoms with E-state index in [1.165, 1.54) is 0 Å². The number of aryl methyl sites for hydroxylation is 1. The number of hydrogen-bond acceptors (Lipinski definition) is 4. The molecule has 2 aromatic carbocycles. The quantitative estimate of drug-likeness (QED) is 0.891. The van der Waals surface area contributed by atoms with Gasteiger partial charge in [-0.15, -0.1) is 0 Å². The Balaban J connectivity index is 1.89. The molecule has 6 nitrogen and oxygen atoms in total. The first kappa shape index (κ1) is 17.9. The van der Waals surface area contributed by atoms with Crippen LogP contribution in [0.2, 0.25) is 0 Å². The molecule has 0 saturated heterocycles. The number of ether oxygens (including phenoxy) is 3. The van der Waals surface area contributed by atoms with Crippen LogP contribution < -0.4 is 24.4 Å². The second-order valence-electron chi connectivity index (χ2n) is 6.23. The Labute approximate surface area is 153 Å². The summed E-state index contributed by atoms with van der Waals surface area (Å²) in [4.78, 5) is 14.7. The van der Waals surface area contributed by atoms with Crippen LogP contribution in [0.1, 0.15) is 18.9 Å². The van der Waals surface area contributed by atoms with Crippen LogP contribution in [0.4, 0.5) is 16.2 Å². The molecule has 2 aromatic rings. The number of methoxy groups -OCH3 is 2. The molecule has 1 aliphatic rings. The molecular formula is C20H24N2O4. The zero-order valence-electron chi connectivity index (χ0n) is 15.5. The summed E-state index contributed by atoms with van der Waals surface area (Å²) in [6.07, 6.45) is 0.789. The molecule has 6 heteroatoms. The maximum absolute atomic E-state index is 13.0. The van der Waals surface area contributed by atoms with Crippen molar-refractivity contribution in [3.05, 3.63) is 42.0 Å². The van der Waals surface area contributed by atoms with Crippen molar-refractivity contribution in [1.82, 2.24) is 0 Å². The molecule has 1 unspecified atom stereocenters. The lowest BCUT2D eigenvalue weighted by atomic mass is 10.1. The molecule has 0 radical (unpaired) electrons. The lowest BCUT2D eigenvalue weighted by Crippen LogP contribution is -2.45. The number of rotatable bonds is 4. The van der Waals surface area contributed by atoms with Crippen LogP contribution in [0.3, 0.4) is 0 Å². The molecule has 1 aliphatic heterocycles. The molecule has 1 atom stereocenters. The summed E-state index contributed by atoms with van der Waals surface area (Å²) in [6.45, 7) is 4.54. The standard InChI is InChI=1S/C20H24N2O4/c1-5-14-12-22(17-10-13(2)6-9-18(17)26-14)20(23)21-16-8-7-15(24-3)11-19(16)25-4/h6-11,14H,5,12H2,1-4H3,(H,21,23). The first-order chi connectivity index (χ1) is 12.5. The molecular weight excluding hydrogens is 332 g/mol. The minimum Gasteiger partial charge on any atom is -0.497 e. The Hall–Kier alpha value is -2.89. The highest BCUT2D eigenvalue weighted by Crippen LogP contribution is 2.36. The average molecular weight is 356 g/mol. The smallest absolute Gasteiger partial charge is 0.326 e. The Kier molecular flexibility index (Phi) is 5.21.